The molecule has 0 aliphatic carbocycles. The van der Waals surface area contributed by atoms with Gasteiger partial charge in [0.25, 0.3) is 0 Å². The summed E-state index contributed by atoms with van der Waals surface area (Å²) >= 11 is 0. The Morgan fingerprint density at radius 2 is 1.78 bits per heavy atom. The van der Waals surface area contributed by atoms with Crippen LogP contribution in [0.2, 0.25) is 0 Å². The van der Waals surface area contributed by atoms with Gasteiger partial charge < -0.3 is 10.1 Å². The van der Waals surface area contributed by atoms with Gasteiger partial charge in [-0.25, -0.2) is 4.39 Å². The van der Waals surface area contributed by atoms with E-state index in [1.54, 1.807) is 19.2 Å². The maximum atomic E-state index is 12.7. The molecule has 0 bridgehead atoms. The number of benzene rings is 2. The number of ether oxygens (including phenoxy) is 1. The molecule has 2 nitrogen and oxygen atoms in total. The third kappa shape index (κ3) is 3.57. The summed E-state index contributed by atoms with van der Waals surface area (Å²) in [6.07, 6.45) is 0. The number of halogens is 1. The molecule has 1 N–H and O–H groups in total. The van der Waals surface area contributed by atoms with Gasteiger partial charge in [0.15, 0.2) is 0 Å². The van der Waals surface area contributed by atoms with E-state index in [4.69, 9.17) is 4.74 Å². The van der Waals surface area contributed by atoms with Crippen LogP contribution >= 0.6 is 0 Å². The van der Waals surface area contributed by atoms with Crippen LogP contribution in [0.25, 0.3) is 0 Å². The lowest BCUT2D eigenvalue weighted by Crippen LogP contribution is -2.00. The molecule has 2 aromatic carbocycles. The standard InChI is InChI=1S/C15H16FNO/c1-18-11-13-4-2-3-12(9-13)10-17-15-7-5-14(16)6-8-15/h2-9,17H,10-11H2,1H3. The second kappa shape index (κ2) is 6.17. The molecular formula is C15H16FNO. The van der Waals surface area contributed by atoms with Crippen molar-refractivity contribution in [2.45, 2.75) is 13.2 Å². The number of hydrogen-bond acceptors (Lipinski definition) is 2. The first kappa shape index (κ1) is 12.6. The van der Waals surface area contributed by atoms with E-state index in [-0.39, 0.29) is 5.82 Å². The fraction of sp³-hybridized carbons (Fsp3) is 0.200. The van der Waals surface area contributed by atoms with Crippen molar-refractivity contribution in [3.05, 3.63) is 65.5 Å². The summed E-state index contributed by atoms with van der Waals surface area (Å²) in [5.74, 6) is -0.220. The van der Waals surface area contributed by atoms with Crippen molar-refractivity contribution in [1.29, 1.82) is 0 Å². The zero-order chi connectivity index (χ0) is 12.8. The third-order valence-corrected chi connectivity index (χ3v) is 2.64. The Hall–Kier alpha value is -1.87. The van der Waals surface area contributed by atoms with Gasteiger partial charge in [0.1, 0.15) is 5.82 Å². The molecule has 2 aromatic rings. The van der Waals surface area contributed by atoms with Crippen molar-refractivity contribution in [3.63, 3.8) is 0 Å². The molecule has 0 saturated carbocycles. The lowest BCUT2D eigenvalue weighted by Gasteiger charge is -2.08. The average molecular weight is 245 g/mol. The van der Waals surface area contributed by atoms with Gasteiger partial charge in [-0.05, 0) is 35.4 Å². The molecule has 18 heavy (non-hydrogen) atoms. The van der Waals surface area contributed by atoms with E-state index in [9.17, 15) is 4.39 Å². The van der Waals surface area contributed by atoms with E-state index >= 15 is 0 Å². The van der Waals surface area contributed by atoms with E-state index < -0.39 is 0 Å². The number of methoxy groups -OCH3 is 1. The molecule has 0 aliphatic heterocycles. The molecule has 0 unspecified atom stereocenters. The molecule has 0 atom stereocenters. The van der Waals surface area contributed by atoms with Crippen LogP contribution in [0.4, 0.5) is 10.1 Å². The highest BCUT2D eigenvalue weighted by molar-refractivity contribution is 5.43. The Labute approximate surface area is 106 Å². The van der Waals surface area contributed by atoms with Crippen molar-refractivity contribution in [2.75, 3.05) is 12.4 Å². The number of nitrogens with one attached hydrogen (secondary N) is 1. The highest BCUT2D eigenvalue weighted by Gasteiger charge is 1.97. The average Bonchev–Trinajstić information content (AvgIpc) is 2.39. The first-order valence-electron chi connectivity index (χ1n) is 5.84. The summed E-state index contributed by atoms with van der Waals surface area (Å²) in [5.41, 5.74) is 3.23. The van der Waals surface area contributed by atoms with Crippen molar-refractivity contribution < 1.29 is 9.13 Å². The topological polar surface area (TPSA) is 21.3 Å². The second-order valence-electron chi connectivity index (χ2n) is 4.11. The molecule has 0 spiro atoms. The minimum atomic E-state index is -0.220. The Kier molecular flexibility index (Phi) is 4.31. The monoisotopic (exact) mass is 245 g/mol. The smallest absolute Gasteiger partial charge is 0.123 e. The Morgan fingerprint density at radius 3 is 2.50 bits per heavy atom. The van der Waals surface area contributed by atoms with Crippen molar-refractivity contribution in [1.82, 2.24) is 0 Å². The fourth-order valence-corrected chi connectivity index (χ4v) is 1.77. The summed E-state index contributed by atoms with van der Waals surface area (Å²) in [6.45, 7) is 1.33. The Bertz CT molecular complexity index is 496. The van der Waals surface area contributed by atoms with Crippen LogP contribution in [-0.2, 0) is 17.9 Å². The number of hydrogen-bond donors (Lipinski definition) is 1. The molecule has 0 aliphatic rings. The number of anilines is 1. The Balaban J connectivity index is 1.97. The van der Waals surface area contributed by atoms with E-state index in [1.165, 1.54) is 17.7 Å². The minimum Gasteiger partial charge on any atom is -0.381 e. The minimum absolute atomic E-state index is 0.220. The molecule has 2 rings (SSSR count). The summed E-state index contributed by atoms with van der Waals surface area (Å²) < 4.78 is 17.8. The molecular weight excluding hydrogens is 229 g/mol. The molecule has 3 heteroatoms. The van der Waals surface area contributed by atoms with Gasteiger partial charge in [0, 0.05) is 19.3 Å². The van der Waals surface area contributed by atoms with Crippen LogP contribution in [0, 0.1) is 5.82 Å². The van der Waals surface area contributed by atoms with Gasteiger partial charge in [-0.2, -0.15) is 0 Å². The Morgan fingerprint density at radius 1 is 1.06 bits per heavy atom. The van der Waals surface area contributed by atoms with Gasteiger partial charge in [-0.1, -0.05) is 24.3 Å². The van der Waals surface area contributed by atoms with Gasteiger partial charge >= 0.3 is 0 Å². The van der Waals surface area contributed by atoms with Gasteiger partial charge in [0.2, 0.25) is 0 Å². The summed E-state index contributed by atoms with van der Waals surface area (Å²) in [7, 11) is 1.68. The molecule has 0 fully saturated rings. The number of rotatable bonds is 5. The molecule has 0 aromatic heterocycles. The van der Waals surface area contributed by atoms with Crippen molar-refractivity contribution >= 4 is 5.69 Å². The highest BCUT2D eigenvalue weighted by Crippen LogP contribution is 2.12. The summed E-state index contributed by atoms with van der Waals surface area (Å²) in [4.78, 5) is 0. The van der Waals surface area contributed by atoms with Crippen LogP contribution in [0.5, 0.6) is 0 Å². The van der Waals surface area contributed by atoms with E-state index in [2.05, 4.69) is 17.4 Å². The molecule has 0 amide bonds. The van der Waals surface area contributed by atoms with Crippen LogP contribution in [-0.4, -0.2) is 7.11 Å². The molecule has 0 radical (unpaired) electrons. The second-order valence-corrected chi connectivity index (χ2v) is 4.11. The van der Waals surface area contributed by atoms with Crippen LogP contribution in [0.15, 0.2) is 48.5 Å². The van der Waals surface area contributed by atoms with Crippen molar-refractivity contribution in [2.24, 2.45) is 0 Å². The maximum Gasteiger partial charge on any atom is 0.123 e. The van der Waals surface area contributed by atoms with E-state index in [0.717, 1.165) is 11.3 Å². The highest BCUT2D eigenvalue weighted by atomic mass is 19.1. The molecule has 0 saturated heterocycles. The SMILES string of the molecule is COCc1cccc(CNc2ccc(F)cc2)c1. The van der Waals surface area contributed by atoms with Crippen LogP contribution in [0.1, 0.15) is 11.1 Å². The third-order valence-electron chi connectivity index (χ3n) is 2.64. The lowest BCUT2D eigenvalue weighted by atomic mass is 10.1. The van der Waals surface area contributed by atoms with Crippen LogP contribution < -0.4 is 5.32 Å². The summed E-state index contributed by atoms with van der Waals surface area (Å²) in [6, 6.07) is 14.5. The largest absolute Gasteiger partial charge is 0.381 e. The van der Waals surface area contributed by atoms with E-state index in [0.29, 0.717) is 13.2 Å². The van der Waals surface area contributed by atoms with Crippen LogP contribution in [0.3, 0.4) is 0 Å². The van der Waals surface area contributed by atoms with Crippen molar-refractivity contribution in [3.8, 4) is 0 Å². The molecule has 94 valence electrons. The van der Waals surface area contributed by atoms with E-state index in [1.807, 2.05) is 12.1 Å². The fourth-order valence-electron chi connectivity index (χ4n) is 1.77. The summed E-state index contributed by atoms with van der Waals surface area (Å²) in [5, 5.41) is 3.25. The van der Waals surface area contributed by atoms with Gasteiger partial charge in [-0.3, -0.25) is 0 Å². The lowest BCUT2D eigenvalue weighted by molar-refractivity contribution is 0.185. The van der Waals surface area contributed by atoms with Gasteiger partial charge in [-0.15, -0.1) is 0 Å². The first-order chi connectivity index (χ1) is 8.78. The molecule has 0 heterocycles. The predicted octanol–water partition coefficient (Wildman–Crippen LogP) is 3.58. The quantitative estimate of drug-likeness (QED) is 0.869. The predicted molar refractivity (Wildman–Crippen MR) is 70.9 cm³/mol. The maximum absolute atomic E-state index is 12.7. The zero-order valence-corrected chi connectivity index (χ0v) is 10.3. The normalized spacial score (nSPS) is 10.3. The first-order valence-corrected chi connectivity index (χ1v) is 5.84. The van der Waals surface area contributed by atoms with Gasteiger partial charge in [0.05, 0.1) is 6.61 Å². The zero-order valence-electron chi connectivity index (χ0n) is 10.3.